The number of rotatable bonds is 7. The van der Waals surface area contributed by atoms with Gasteiger partial charge in [-0.2, -0.15) is 0 Å². The predicted molar refractivity (Wildman–Crippen MR) is 73.8 cm³/mol. The topological polar surface area (TPSA) is 95.7 Å². The van der Waals surface area contributed by atoms with Crippen molar-refractivity contribution in [2.24, 2.45) is 0 Å². The standard InChI is InChI=1S/C11H17FNO5PS/c1-3-17-19(14,18-4-2)11(12)20(15,16)10-7-5-9(13)6-8-10/h5-8,11H,3-4,13H2,1-2H3. The fourth-order valence-corrected chi connectivity index (χ4v) is 5.31. The molecule has 0 aromatic heterocycles. The van der Waals surface area contributed by atoms with Gasteiger partial charge in [0.1, 0.15) is 0 Å². The summed E-state index contributed by atoms with van der Waals surface area (Å²) in [5.74, 6) is 0. The van der Waals surface area contributed by atoms with Crippen molar-refractivity contribution in [2.45, 2.75) is 24.0 Å². The molecule has 0 bridgehead atoms. The third-order valence-corrected chi connectivity index (χ3v) is 7.11. The van der Waals surface area contributed by atoms with Crippen LogP contribution in [0.5, 0.6) is 0 Å². The van der Waals surface area contributed by atoms with Crippen molar-refractivity contribution >= 4 is 23.1 Å². The largest absolute Gasteiger partial charge is 0.399 e. The predicted octanol–water partition coefficient (Wildman–Crippen LogP) is 2.56. The molecule has 0 aliphatic heterocycles. The van der Waals surface area contributed by atoms with Crippen LogP contribution in [0.15, 0.2) is 29.2 Å². The molecule has 0 aliphatic carbocycles. The van der Waals surface area contributed by atoms with E-state index in [4.69, 9.17) is 14.8 Å². The number of nitrogens with two attached hydrogens (primary N) is 1. The molecule has 9 heteroatoms. The molecule has 0 aliphatic rings. The van der Waals surface area contributed by atoms with Gasteiger partial charge in [0.05, 0.1) is 18.1 Å². The van der Waals surface area contributed by atoms with Gasteiger partial charge in [-0.25, -0.2) is 12.8 Å². The summed E-state index contributed by atoms with van der Waals surface area (Å²) in [6, 6.07) is 4.90. The van der Waals surface area contributed by atoms with E-state index in [9.17, 15) is 17.4 Å². The van der Waals surface area contributed by atoms with Crippen molar-refractivity contribution in [1.82, 2.24) is 0 Å². The summed E-state index contributed by atoms with van der Waals surface area (Å²) in [5, 5.41) is -2.78. The van der Waals surface area contributed by atoms with Gasteiger partial charge in [0, 0.05) is 5.69 Å². The maximum Gasteiger partial charge on any atom is 0.380 e. The molecule has 0 heterocycles. The first kappa shape index (κ1) is 17.1. The van der Waals surface area contributed by atoms with Crippen LogP contribution < -0.4 is 5.73 Å². The Morgan fingerprint density at radius 2 is 1.65 bits per heavy atom. The molecule has 1 atom stereocenters. The van der Waals surface area contributed by atoms with Crippen molar-refractivity contribution in [3.8, 4) is 0 Å². The van der Waals surface area contributed by atoms with Crippen molar-refractivity contribution in [3.05, 3.63) is 24.3 Å². The minimum Gasteiger partial charge on any atom is -0.399 e. The molecule has 0 fully saturated rings. The third kappa shape index (κ3) is 3.58. The molecule has 20 heavy (non-hydrogen) atoms. The van der Waals surface area contributed by atoms with Crippen molar-refractivity contribution < 1.29 is 26.4 Å². The zero-order chi connectivity index (χ0) is 15.4. The summed E-state index contributed by atoms with van der Waals surface area (Å²) in [5.41, 5.74) is 5.77. The number of hydrogen-bond donors (Lipinski definition) is 1. The van der Waals surface area contributed by atoms with Crippen LogP contribution >= 0.6 is 7.60 Å². The van der Waals surface area contributed by atoms with Gasteiger partial charge in [-0.1, -0.05) is 0 Å². The van der Waals surface area contributed by atoms with Crippen molar-refractivity contribution in [1.29, 1.82) is 0 Å². The van der Waals surface area contributed by atoms with Gasteiger partial charge < -0.3 is 14.8 Å². The van der Waals surface area contributed by atoms with Crippen LogP contribution in [0.3, 0.4) is 0 Å². The molecule has 0 radical (unpaired) electrons. The van der Waals surface area contributed by atoms with Gasteiger partial charge in [-0.05, 0) is 38.1 Å². The van der Waals surface area contributed by atoms with Crippen LogP contribution in [0.1, 0.15) is 13.8 Å². The number of alkyl halides is 1. The molecule has 2 N–H and O–H groups in total. The van der Waals surface area contributed by atoms with Crippen LogP contribution in [0, 0.1) is 0 Å². The highest BCUT2D eigenvalue weighted by molar-refractivity contribution is 7.98. The van der Waals surface area contributed by atoms with E-state index in [0.29, 0.717) is 5.69 Å². The number of anilines is 1. The molecular formula is C11H17FNO5PS. The normalized spacial score (nSPS) is 14.2. The molecular weight excluding hydrogens is 308 g/mol. The van der Waals surface area contributed by atoms with E-state index >= 15 is 0 Å². The minimum absolute atomic E-state index is 0.130. The zero-order valence-corrected chi connectivity index (χ0v) is 12.9. The van der Waals surface area contributed by atoms with E-state index in [-0.39, 0.29) is 18.1 Å². The van der Waals surface area contributed by atoms with Crippen LogP contribution in [-0.4, -0.2) is 26.9 Å². The molecule has 0 amide bonds. The lowest BCUT2D eigenvalue weighted by molar-refractivity contribution is 0.203. The second-order valence-corrected chi connectivity index (χ2v) is 8.16. The molecule has 6 nitrogen and oxygen atoms in total. The average molecular weight is 325 g/mol. The molecule has 1 unspecified atom stereocenters. The minimum atomic E-state index is -4.49. The summed E-state index contributed by atoms with van der Waals surface area (Å²) in [7, 11) is -8.89. The molecule has 0 spiro atoms. The highest BCUT2D eigenvalue weighted by Crippen LogP contribution is 2.56. The molecule has 1 aromatic carbocycles. The van der Waals surface area contributed by atoms with Crippen LogP contribution in [0.2, 0.25) is 0 Å². The van der Waals surface area contributed by atoms with Crippen LogP contribution in [-0.2, 0) is 23.4 Å². The van der Waals surface area contributed by atoms with Gasteiger partial charge in [0.25, 0.3) is 0 Å². The monoisotopic (exact) mass is 325 g/mol. The number of halogens is 1. The molecule has 1 rings (SSSR count). The fraction of sp³-hybridized carbons (Fsp3) is 0.455. The molecule has 0 saturated heterocycles. The Labute approximate surface area is 117 Å². The highest BCUT2D eigenvalue weighted by Gasteiger charge is 2.46. The summed E-state index contributed by atoms with van der Waals surface area (Å²) < 4.78 is 60.1. The maximum atomic E-state index is 14.3. The Balaban J connectivity index is 3.19. The lowest BCUT2D eigenvalue weighted by Gasteiger charge is -2.20. The van der Waals surface area contributed by atoms with Gasteiger partial charge in [-0.15, -0.1) is 0 Å². The Hall–Kier alpha value is -0.950. The summed E-state index contributed by atoms with van der Waals surface area (Å²) in [6.45, 7) is 2.67. The first-order valence-corrected chi connectivity index (χ1v) is 9.06. The summed E-state index contributed by atoms with van der Waals surface area (Å²) >= 11 is 0. The number of hydrogen-bond acceptors (Lipinski definition) is 6. The smallest absolute Gasteiger partial charge is 0.380 e. The SMILES string of the molecule is CCOP(=O)(OCC)C(F)S(=O)(=O)c1ccc(N)cc1. The number of sulfone groups is 1. The first-order valence-electron chi connectivity index (χ1n) is 5.90. The van der Waals surface area contributed by atoms with Crippen molar-refractivity contribution in [2.75, 3.05) is 18.9 Å². The quantitative estimate of drug-likeness (QED) is 0.611. The van der Waals surface area contributed by atoms with Gasteiger partial charge >= 0.3 is 12.8 Å². The number of nitrogen functional groups attached to an aromatic ring is 1. The van der Waals surface area contributed by atoms with Crippen molar-refractivity contribution in [3.63, 3.8) is 0 Å². The molecule has 1 aromatic rings. The van der Waals surface area contributed by atoms with Crippen LogP contribution in [0.4, 0.5) is 10.1 Å². The fourth-order valence-electron chi connectivity index (χ4n) is 1.45. The van der Waals surface area contributed by atoms with E-state index in [0.717, 1.165) is 12.1 Å². The first-order chi connectivity index (χ1) is 9.28. The Morgan fingerprint density at radius 1 is 1.20 bits per heavy atom. The Bertz CT molecular complexity index is 579. The lowest BCUT2D eigenvalue weighted by Crippen LogP contribution is -2.20. The van der Waals surface area contributed by atoms with Crippen LogP contribution in [0.25, 0.3) is 0 Å². The Morgan fingerprint density at radius 3 is 2.05 bits per heavy atom. The number of benzene rings is 1. The van der Waals surface area contributed by atoms with E-state index in [2.05, 4.69) is 0 Å². The maximum absolute atomic E-state index is 14.3. The van der Waals surface area contributed by atoms with Gasteiger partial charge in [-0.3, -0.25) is 4.57 Å². The van der Waals surface area contributed by atoms with E-state index < -0.39 is 22.7 Å². The zero-order valence-electron chi connectivity index (χ0n) is 11.2. The van der Waals surface area contributed by atoms with E-state index in [1.807, 2.05) is 0 Å². The summed E-state index contributed by atoms with van der Waals surface area (Å²) in [4.78, 5) is -0.334. The van der Waals surface area contributed by atoms with E-state index in [1.54, 1.807) is 0 Å². The van der Waals surface area contributed by atoms with Gasteiger partial charge in [0.15, 0.2) is 0 Å². The Kier molecular flexibility index (Phi) is 5.70. The summed E-state index contributed by atoms with van der Waals surface area (Å²) in [6.07, 6.45) is 0. The third-order valence-electron chi connectivity index (χ3n) is 2.33. The molecule has 0 saturated carbocycles. The lowest BCUT2D eigenvalue weighted by atomic mass is 10.3. The van der Waals surface area contributed by atoms with E-state index in [1.165, 1.54) is 26.0 Å². The second-order valence-electron chi connectivity index (χ2n) is 3.78. The second kappa shape index (κ2) is 6.67. The average Bonchev–Trinajstić information content (AvgIpc) is 2.39. The molecule has 114 valence electrons. The highest BCUT2D eigenvalue weighted by atomic mass is 32.2. The van der Waals surface area contributed by atoms with Gasteiger partial charge in [0.2, 0.25) is 9.84 Å².